The van der Waals surface area contributed by atoms with Gasteiger partial charge in [-0.3, -0.25) is 9.78 Å². The van der Waals surface area contributed by atoms with Gasteiger partial charge in [0, 0.05) is 29.3 Å². The Hall–Kier alpha value is -2.95. The highest BCUT2D eigenvalue weighted by atomic mass is 19.1. The van der Waals surface area contributed by atoms with Gasteiger partial charge in [0.15, 0.2) is 11.6 Å². The van der Waals surface area contributed by atoms with E-state index in [0.29, 0.717) is 17.7 Å². The molecule has 3 rings (SSSR count). The van der Waals surface area contributed by atoms with Crippen LogP contribution in [-0.4, -0.2) is 17.5 Å². The number of rotatable bonds is 8. The van der Waals surface area contributed by atoms with E-state index in [2.05, 4.69) is 17.2 Å². The van der Waals surface area contributed by atoms with Gasteiger partial charge in [-0.05, 0) is 36.8 Å². The van der Waals surface area contributed by atoms with E-state index >= 15 is 0 Å². The predicted molar refractivity (Wildman–Crippen MR) is 104 cm³/mol. The molecule has 0 spiro atoms. The molecule has 1 N–H and O–H groups in total. The van der Waals surface area contributed by atoms with Crippen molar-refractivity contribution in [1.29, 1.82) is 0 Å². The second-order valence-electron chi connectivity index (χ2n) is 6.38. The van der Waals surface area contributed by atoms with Crippen LogP contribution in [0.15, 0.2) is 54.7 Å². The number of aromatic nitrogens is 1. The molecule has 1 heterocycles. The Morgan fingerprint density at radius 3 is 2.89 bits per heavy atom. The van der Waals surface area contributed by atoms with Gasteiger partial charge in [0.25, 0.3) is 5.91 Å². The van der Waals surface area contributed by atoms with Gasteiger partial charge in [0.05, 0.1) is 12.1 Å². The number of carbonyl (C=O) groups excluding carboxylic acids is 1. The monoisotopic (exact) mass is 366 g/mol. The Morgan fingerprint density at radius 1 is 1.15 bits per heavy atom. The third kappa shape index (κ3) is 4.82. The predicted octanol–water partition coefficient (Wildman–Crippen LogP) is 4.87. The van der Waals surface area contributed by atoms with Crippen LogP contribution in [0.5, 0.6) is 5.75 Å². The highest BCUT2D eigenvalue weighted by Gasteiger charge is 2.12. The van der Waals surface area contributed by atoms with Crippen LogP contribution in [0.4, 0.5) is 4.39 Å². The van der Waals surface area contributed by atoms with Crippen molar-refractivity contribution in [3.8, 4) is 5.75 Å². The summed E-state index contributed by atoms with van der Waals surface area (Å²) in [4.78, 5) is 16.7. The zero-order chi connectivity index (χ0) is 19.1. The number of unbranched alkanes of at least 4 members (excludes halogenated alkanes) is 2. The maximum Gasteiger partial charge on any atom is 0.251 e. The third-order valence-corrected chi connectivity index (χ3v) is 4.35. The van der Waals surface area contributed by atoms with Crippen LogP contribution >= 0.6 is 0 Å². The summed E-state index contributed by atoms with van der Waals surface area (Å²) in [5.41, 5.74) is 1.75. The number of amides is 1. The van der Waals surface area contributed by atoms with Crippen LogP contribution in [0, 0.1) is 5.82 Å². The zero-order valence-corrected chi connectivity index (χ0v) is 15.4. The standard InChI is InChI=1S/C22H23FN2O2/c1-2-3-4-13-27-20-9-5-7-18(21(20)23)15-25-22(26)17-10-11-19-16(14-17)8-6-12-24-19/h5-12,14H,2-4,13,15H2,1H3,(H,25,26). The van der Waals surface area contributed by atoms with Gasteiger partial charge in [0.1, 0.15) is 0 Å². The SMILES string of the molecule is CCCCCOc1cccc(CNC(=O)c2ccc3ncccc3c2)c1F. The van der Waals surface area contributed by atoms with Gasteiger partial charge in [-0.15, -0.1) is 0 Å². The number of pyridine rings is 1. The lowest BCUT2D eigenvalue weighted by Gasteiger charge is -2.11. The first-order chi connectivity index (χ1) is 13.2. The lowest BCUT2D eigenvalue weighted by Crippen LogP contribution is -2.23. The first-order valence-corrected chi connectivity index (χ1v) is 9.22. The molecular weight excluding hydrogens is 343 g/mol. The fraction of sp³-hybridized carbons (Fsp3) is 0.273. The molecule has 0 saturated heterocycles. The first kappa shape index (κ1) is 18.8. The molecule has 0 atom stereocenters. The second-order valence-corrected chi connectivity index (χ2v) is 6.38. The molecule has 1 aromatic heterocycles. The quantitative estimate of drug-likeness (QED) is 0.579. The van der Waals surface area contributed by atoms with Crippen molar-refractivity contribution < 1.29 is 13.9 Å². The summed E-state index contributed by atoms with van der Waals surface area (Å²) in [6, 6.07) is 14.0. The van der Waals surface area contributed by atoms with Crippen LogP contribution < -0.4 is 10.1 Å². The van der Waals surface area contributed by atoms with Crippen molar-refractivity contribution in [3.63, 3.8) is 0 Å². The summed E-state index contributed by atoms with van der Waals surface area (Å²) < 4.78 is 20.1. The fourth-order valence-electron chi connectivity index (χ4n) is 2.83. The average molecular weight is 366 g/mol. The molecule has 1 amide bonds. The highest BCUT2D eigenvalue weighted by molar-refractivity contribution is 5.97. The summed E-state index contributed by atoms with van der Waals surface area (Å²) in [5.74, 6) is -0.443. The number of benzene rings is 2. The van der Waals surface area contributed by atoms with Gasteiger partial charge in [-0.25, -0.2) is 4.39 Å². The Balaban J connectivity index is 1.64. The van der Waals surface area contributed by atoms with E-state index in [9.17, 15) is 9.18 Å². The maximum absolute atomic E-state index is 14.6. The van der Waals surface area contributed by atoms with E-state index in [1.54, 1.807) is 42.6 Å². The number of nitrogens with zero attached hydrogens (tertiary/aromatic N) is 1. The number of hydrogen-bond donors (Lipinski definition) is 1. The Morgan fingerprint density at radius 2 is 2.04 bits per heavy atom. The first-order valence-electron chi connectivity index (χ1n) is 9.22. The van der Waals surface area contributed by atoms with Crippen molar-refractivity contribution in [2.75, 3.05) is 6.61 Å². The normalized spacial score (nSPS) is 10.7. The number of halogens is 1. The third-order valence-electron chi connectivity index (χ3n) is 4.35. The minimum Gasteiger partial charge on any atom is -0.491 e. The molecule has 140 valence electrons. The maximum atomic E-state index is 14.6. The summed E-state index contributed by atoms with van der Waals surface area (Å²) >= 11 is 0. The Kier molecular flexibility index (Phi) is 6.36. The molecule has 0 aliphatic rings. The molecular formula is C22H23FN2O2. The van der Waals surface area contributed by atoms with Crippen LogP contribution in [0.25, 0.3) is 10.9 Å². The molecule has 0 fully saturated rings. The van der Waals surface area contributed by atoms with Crippen molar-refractivity contribution in [2.24, 2.45) is 0 Å². The van der Waals surface area contributed by atoms with E-state index in [1.165, 1.54) is 0 Å². The van der Waals surface area contributed by atoms with Crippen molar-refractivity contribution in [3.05, 3.63) is 71.7 Å². The summed E-state index contributed by atoms with van der Waals surface area (Å²) in [7, 11) is 0. The van der Waals surface area contributed by atoms with E-state index in [-0.39, 0.29) is 18.2 Å². The van der Waals surface area contributed by atoms with E-state index < -0.39 is 5.82 Å². The molecule has 0 aliphatic carbocycles. The molecule has 5 heteroatoms. The zero-order valence-electron chi connectivity index (χ0n) is 15.4. The molecule has 0 saturated carbocycles. The Bertz CT molecular complexity index is 927. The molecule has 27 heavy (non-hydrogen) atoms. The van der Waals surface area contributed by atoms with Crippen molar-refractivity contribution in [2.45, 2.75) is 32.7 Å². The minimum absolute atomic E-state index is 0.0991. The number of carbonyl (C=O) groups is 1. The fourth-order valence-corrected chi connectivity index (χ4v) is 2.83. The topological polar surface area (TPSA) is 51.2 Å². The molecule has 4 nitrogen and oxygen atoms in total. The van der Waals surface area contributed by atoms with Gasteiger partial charge in [-0.2, -0.15) is 0 Å². The van der Waals surface area contributed by atoms with Crippen LogP contribution in [0.2, 0.25) is 0 Å². The number of fused-ring (bicyclic) bond motifs is 1. The molecule has 0 bridgehead atoms. The highest BCUT2D eigenvalue weighted by Crippen LogP contribution is 2.21. The lowest BCUT2D eigenvalue weighted by atomic mass is 10.1. The number of hydrogen-bond acceptors (Lipinski definition) is 3. The smallest absolute Gasteiger partial charge is 0.251 e. The van der Waals surface area contributed by atoms with Crippen LogP contribution in [-0.2, 0) is 6.54 Å². The minimum atomic E-state index is -0.419. The summed E-state index contributed by atoms with van der Waals surface area (Å²) in [6.07, 6.45) is 4.75. The van der Waals surface area contributed by atoms with Crippen molar-refractivity contribution in [1.82, 2.24) is 10.3 Å². The average Bonchev–Trinajstić information content (AvgIpc) is 2.70. The number of ether oxygens (including phenoxy) is 1. The summed E-state index contributed by atoms with van der Waals surface area (Å²) in [6.45, 7) is 2.70. The molecule has 2 aromatic carbocycles. The summed E-state index contributed by atoms with van der Waals surface area (Å²) in [5, 5.41) is 3.66. The molecule has 0 aliphatic heterocycles. The largest absolute Gasteiger partial charge is 0.491 e. The molecule has 0 radical (unpaired) electrons. The van der Waals surface area contributed by atoms with Crippen LogP contribution in [0.1, 0.15) is 42.1 Å². The molecule has 3 aromatic rings. The van der Waals surface area contributed by atoms with Gasteiger partial charge in [-0.1, -0.05) is 38.0 Å². The Labute approximate surface area is 158 Å². The van der Waals surface area contributed by atoms with Gasteiger partial charge < -0.3 is 10.1 Å². The second kappa shape index (κ2) is 9.12. The van der Waals surface area contributed by atoms with E-state index in [4.69, 9.17) is 4.74 Å². The van der Waals surface area contributed by atoms with Gasteiger partial charge in [0.2, 0.25) is 0 Å². The van der Waals surface area contributed by atoms with Gasteiger partial charge >= 0.3 is 0 Å². The van der Waals surface area contributed by atoms with E-state index in [1.807, 2.05) is 12.1 Å². The van der Waals surface area contributed by atoms with Crippen LogP contribution in [0.3, 0.4) is 0 Å². The van der Waals surface area contributed by atoms with Crippen molar-refractivity contribution >= 4 is 16.8 Å². The van der Waals surface area contributed by atoms with E-state index in [0.717, 1.165) is 30.2 Å². The number of nitrogens with one attached hydrogen (secondary N) is 1. The lowest BCUT2D eigenvalue weighted by molar-refractivity contribution is 0.0950. The molecule has 0 unspecified atom stereocenters.